The Balaban J connectivity index is 1.86. The highest BCUT2D eigenvalue weighted by molar-refractivity contribution is 6.09. The zero-order valence-corrected chi connectivity index (χ0v) is 19.6. The largest absolute Gasteiger partial charge is 0.449 e. The number of pyridine rings is 1. The van der Waals surface area contributed by atoms with Gasteiger partial charge in [-0.05, 0) is 43.0 Å². The highest BCUT2D eigenvalue weighted by Gasteiger charge is 2.41. The molecule has 2 N–H and O–H groups in total. The number of benzene rings is 1. The third-order valence-corrected chi connectivity index (χ3v) is 6.20. The van der Waals surface area contributed by atoms with E-state index in [4.69, 9.17) is 5.73 Å². The molecule has 0 unspecified atom stereocenters. The molecular weight excluding hydrogens is 492 g/mol. The monoisotopic (exact) mass is 515 g/mol. The van der Waals surface area contributed by atoms with Crippen LogP contribution < -0.4 is 16.2 Å². The molecule has 1 saturated carbocycles. The van der Waals surface area contributed by atoms with E-state index in [2.05, 4.69) is 4.98 Å². The van der Waals surface area contributed by atoms with Gasteiger partial charge in [0.25, 0.3) is 11.5 Å². The maximum absolute atomic E-state index is 13.6. The van der Waals surface area contributed by atoms with Crippen molar-refractivity contribution >= 4 is 28.3 Å². The number of nitrogen functional groups attached to an aromatic ring is 1. The number of fused-ring (bicyclic) bond motifs is 1. The lowest BCUT2D eigenvalue weighted by Crippen LogP contribution is -2.37. The Labute approximate surface area is 201 Å². The molecule has 0 saturated heterocycles. The Morgan fingerprint density at radius 3 is 2.31 bits per heavy atom. The quantitative estimate of drug-likeness (QED) is 0.489. The second-order valence-electron chi connectivity index (χ2n) is 8.84. The number of nitrogens with zero attached hydrogens (tertiary/aromatic N) is 4. The van der Waals surface area contributed by atoms with Crippen LogP contribution in [0, 0.1) is 0 Å². The lowest BCUT2D eigenvalue weighted by atomic mass is 10.0. The first-order chi connectivity index (χ1) is 16.7. The van der Waals surface area contributed by atoms with Gasteiger partial charge < -0.3 is 15.2 Å². The SMILES string of the molecule is CCCc1cc2c(cc1C(=O)N(C)c1c(N)cc(C(F)(F)F)n(C3CC3)c1=O)nc(C(F)(F)F)n2C. The maximum Gasteiger partial charge on any atom is 0.449 e. The minimum atomic E-state index is -4.83. The Hall–Kier alpha value is -3.51. The molecule has 1 amide bonds. The van der Waals surface area contributed by atoms with Crippen LogP contribution >= 0.6 is 0 Å². The van der Waals surface area contributed by atoms with Crippen LogP contribution in [0.25, 0.3) is 11.0 Å². The van der Waals surface area contributed by atoms with Gasteiger partial charge >= 0.3 is 12.4 Å². The Morgan fingerprint density at radius 2 is 1.78 bits per heavy atom. The van der Waals surface area contributed by atoms with Gasteiger partial charge in [-0.1, -0.05) is 13.3 Å². The number of alkyl halides is 6. The minimum absolute atomic E-state index is 0.0182. The summed E-state index contributed by atoms with van der Waals surface area (Å²) in [5, 5.41) is 0. The summed E-state index contributed by atoms with van der Waals surface area (Å²) in [5.74, 6) is -1.94. The van der Waals surface area contributed by atoms with Gasteiger partial charge in [0.05, 0.1) is 16.7 Å². The first-order valence-electron chi connectivity index (χ1n) is 11.1. The number of aryl methyl sites for hydroxylation is 2. The summed E-state index contributed by atoms with van der Waals surface area (Å²) >= 11 is 0. The van der Waals surface area contributed by atoms with Crippen molar-refractivity contribution in [3.05, 3.63) is 51.2 Å². The number of aromatic nitrogens is 3. The number of nitrogens with two attached hydrogens (primary N) is 1. The number of rotatable bonds is 5. The van der Waals surface area contributed by atoms with Crippen molar-refractivity contribution in [2.75, 3.05) is 17.7 Å². The predicted octanol–water partition coefficient (Wildman–Crippen LogP) is 4.92. The number of imidazole rings is 1. The lowest BCUT2D eigenvalue weighted by Gasteiger charge is -2.24. The topological polar surface area (TPSA) is 86.2 Å². The number of hydrogen-bond acceptors (Lipinski definition) is 4. The standard InChI is InChI=1S/C23H23F6N5O2/c1-4-5-11-8-16-15(31-21(32(16)2)23(27,28)29)9-13(11)19(35)33(3)18-14(30)10-17(22(24,25)26)34(20(18)36)12-6-7-12/h8-10,12H,4-7,30H2,1-3H3. The van der Waals surface area contributed by atoms with E-state index in [1.165, 1.54) is 26.2 Å². The molecular formula is C23H23F6N5O2. The van der Waals surface area contributed by atoms with Crippen molar-refractivity contribution in [3.8, 4) is 0 Å². The molecule has 1 fully saturated rings. The Bertz CT molecular complexity index is 1420. The van der Waals surface area contributed by atoms with Gasteiger partial charge in [0, 0.05) is 25.7 Å². The molecule has 0 radical (unpaired) electrons. The van der Waals surface area contributed by atoms with Gasteiger partial charge in [-0.15, -0.1) is 0 Å². The zero-order chi connectivity index (χ0) is 26.7. The number of hydrogen-bond donors (Lipinski definition) is 1. The first kappa shape index (κ1) is 25.6. The van der Waals surface area contributed by atoms with E-state index in [1.54, 1.807) is 0 Å². The summed E-state index contributed by atoms with van der Waals surface area (Å²) in [6, 6.07) is 2.61. The van der Waals surface area contributed by atoms with Gasteiger partial charge in [0.15, 0.2) is 0 Å². The van der Waals surface area contributed by atoms with Crippen LogP contribution in [0.15, 0.2) is 23.0 Å². The van der Waals surface area contributed by atoms with Crippen LogP contribution in [0.1, 0.15) is 59.7 Å². The summed E-state index contributed by atoms with van der Waals surface area (Å²) in [5.41, 5.74) is 3.08. The van der Waals surface area contributed by atoms with Crippen molar-refractivity contribution in [2.24, 2.45) is 7.05 Å². The van der Waals surface area contributed by atoms with Crippen LogP contribution in [0.4, 0.5) is 37.7 Å². The van der Waals surface area contributed by atoms with Crippen molar-refractivity contribution in [1.82, 2.24) is 14.1 Å². The van der Waals surface area contributed by atoms with Gasteiger partial charge in [-0.2, -0.15) is 26.3 Å². The van der Waals surface area contributed by atoms with Gasteiger partial charge in [0.1, 0.15) is 11.4 Å². The van der Waals surface area contributed by atoms with E-state index in [0.29, 0.717) is 41.9 Å². The molecule has 0 aliphatic heterocycles. The maximum atomic E-state index is 13.6. The number of anilines is 2. The molecule has 1 aliphatic carbocycles. The van der Waals surface area contributed by atoms with Crippen LogP contribution in [-0.2, 0) is 25.8 Å². The smallest absolute Gasteiger partial charge is 0.397 e. The molecule has 3 aromatic rings. The van der Waals surface area contributed by atoms with Crippen LogP contribution in [0.5, 0.6) is 0 Å². The van der Waals surface area contributed by atoms with Crippen LogP contribution in [0.3, 0.4) is 0 Å². The molecule has 36 heavy (non-hydrogen) atoms. The second kappa shape index (κ2) is 8.56. The molecule has 0 spiro atoms. The van der Waals surface area contributed by atoms with E-state index in [0.717, 1.165) is 9.47 Å². The number of carbonyl (C=O) groups is 1. The lowest BCUT2D eigenvalue weighted by molar-refractivity contribution is -0.146. The average molecular weight is 515 g/mol. The molecule has 2 heterocycles. The molecule has 4 rings (SSSR count). The summed E-state index contributed by atoms with van der Waals surface area (Å²) in [4.78, 5) is 31.1. The molecule has 0 bridgehead atoms. The van der Waals surface area contributed by atoms with Crippen molar-refractivity contribution in [1.29, 1.82) is 0 Å². The molecule has 1 aromatic carbocycles. The highest BCUT2D eigenvalue weighted by Crippen LogP contribution is 2.41. The fraction of sp³-hybridized carbons (Fsp3) is 0.435. The Kier molecular flexibility index (Phi) is 6.08. The minimum Gasteiger partial charge on any atom is -0.397 e. The predicted molar refractivity (Wildman–Crippen MR) is 121 cm³/mol. The van der Waals surface area contributed by atoms with E-state index in [1.807, 2.05) is 6.92 Å². The van der Waals surface area contributed by atoms with Gasteiger partial charge in [-0.3, -0.25) is 14.2 Å². The van der Waals surface area contributed by atoms with Crippen LogP contribution in [0.2, 0.25) is 0 Å². The molecule has 1 aliphatic rings. The van der Waals surface area contributed by atoms with E-state index >= 15 is 0 Å². The third kappa shape index (κ3) is 4.30. The first-order valence-corrected chi connectivity index (χ1v) is 11.1. The molecule has 7 nitrogen and oxygen atoms in total. The third-order valence-electron chi connectivity index (χ3n) is 6.20. The van der Waals surface area contributed by atoms with Gasteiger partial charge in [-0.25, -0.2) is 4.98 Å². The van der Waals surface area contributed by atoms with E-state index < -0.39 is 52.8 Å². The molecule has 0 atom stereocenters. The average Bonchev–Trinajstić information content (AvgIpc) is 3.54. The van der Waals surface area contributed by atoms with E-state index in [-0.39, 0.29) is 16.6 Å². The number of amides is 1. The van der Waals surface area contributed by atoms with Gasteiger partial charge in [0.2, 0.25) is 5.82 Å². The second-order valence-corrected chi connectivity index (χ2v) is 8.84. The fourth-order valence-corrected chi connectivity index (χ4v) is 4.38. The summed E-state index contributed by atoms with van der Waals surface area (Å²) < 4.78 is 82.3. The highest BCUT2D eigenvalue weighted by atomic mass is 19.4. The summed E-state index contributed by atoms with van der Waals surface area (Å²) in [6.07, 6.45) is -7.92. The van der Waals surface area contributed by atoms with Crippen molar-refractivity contribution in [2.45, 2.75) is 51.0 Å². The van der Waals surface area contributed by atoms with Crippen LogP contribution in [-0.4, -0.2) is 27.1 Å². The summed E-state index contributed by atoms with van der Waals surface area (Å²) in [6.45, 7) is 1.81. The van der Waals surface area contributed by atoms with E-state index in [9.17, 15) is 35.9 Å². The normalized spacial score (nSPS) is 14.5. The zero-order valence-electron chi connectivity index (χ0n) is 19.6. The summed E-state index contributed by atoms with van der Waals surface area (Å²) in [7, 11) is 2.41. The van der Waals surface area contributed by atoms with Crippen molar-refractivity contribution in [3.63, 3.8) is 0 Å². The fourth-order valence-electron chi connectivity index (χ4n) is 4.38. The molecule has 13 heteroatoms. The molecule has 2 aromatic heterocycles. The molecule has 194 valence electrons. The number of carbonyl (C=O) groups excluding carboxylic acids is 1. The Morgan fingerprint density at radius 1 is 1.14 bits per heavy atom. The van der Waals surface area contributed by atoms with Crippen molar-refractivity contribution < 1.29 is 31.1 Å². The number of halogens is 6.